The fourth-order valence-corrected chi connectivity index (χ4v) is 5.25. The molecule has 1 aliphatic rings. The number of hydrogen-bond donors (Lipinski definition) is 7. The number of benzene rings is 1. The summed E-state index contributed by atoms with van der Waals surface area (Å²) in [7, 11) is 0. The first-order chi connectivity index (χ1) is 24.0. The van der Waals surface area contributed by atoms with E-state index < -0.39 is 41.6 Å². The number of nitrogens with two attached hydrogens (primary N) is 1. The molecule has 2 rings (SSSR count). The van der Waals surface area contributed by atoms with Crippen LogP contribution < -0.4 is 37.6 Å². The monoisotopic (exact) mass is 715 g/mol. The van der Waals surface area contributed by atoms with Gasteiger partial charge < -0.3 is 42.4 Å². The molecule has 0 radical (unpaired) electrons. The van der Waals surface area contributed by atoms with Crippen LogP contribution in [0, 0.1) is 17.8 Å². The molecule has 1 aromatic rings. The maximum atomic E-state index is 13.4. The Morgan fingerprint density at radius 2 is 1.47 bits per heavy atom. The van der Waals surface area contributed by atoms with Gasteiger partial charge in [0.05, 0.1) is 5.54 Å². The fraction of sp³-hybridized carbons (Fsp3) is 0.639. The maximum absolute atomic E-state index is 13.4. The van der Waals surface area contributed by atoms with E-state index in [0.29, 0.717) is 24.1 Å². The zero-order valence-corrected chi connectivity index (χ0v) is 30.8. The van der Waals surface area contributed by atoms with Gasteiger partial charge in [-0.25, -0.2) is 9.59 Å². The van der Waals surface area contributed by atoms with Gasteiger partial charge in [0, 0.05) is 43.5 Å². The minimum absolute atomic E-state index is 0.0205. The van der Waals surface area contributed by atoms with E-state index in [4.69, 9.17) is 10.5 Å². The van der Waals surface area contributed by atoms with E-state index in [0.717, 1.165) is 19.3 Å². The van der Waals surface area contributed by atoms with Crippen LogP contribution in [0.3, 0.4) is 0 Å². The van der Waals surface area contributed by atoms with Crippen LogP contribution in [-0.2, 0) is 35.3 Å². The molecule has 15 nitrogen and oxygen atoms in total. The lowest BCUT2D eigenvalue weighted by atomic mass is 9.76. The molecule has 15 heteroatoms. The van der Waals surface area contributed by atoms with E-state index in [2.05, 4.69) is 31.9 Å². The van der Waals surface area contributed by atoms with Gasteiger partial charge in [-0.3, -0.25) is 24.0 Å². The fourth-order valence-electron chi connectivity index (χ4n) is 5.25. The number of Topliss-reactive ketones (excluding diaryl/α,β-unsaturated/α-hetero) is 1. The minimum Gasteiger partial charge on any atom is -0.445 e. The van der Waals surface area contributed by atoms with Gasteiger partial charge in [0.15, 0.2) is 0 Å². The van der Waals surface area contributed by atoms with E-state index in [1.165, 1.54) is 0 Å². The maximum Gasteiger partial charge on any atom is 0.407 e. The molecular formula is C36H57N7O8. The summed E-state index contributed by atoms with van der Waals surface area (Å²) in [5.41, 5.74) is 5.80. The van der Waals surface area contributed by atoms with Gasteiger partial charge in [-0.2, -0.15) is 0 Å². The molecule has 284 valence electrons. The molecule has 0 heterocycles. The molecule has 0 aromatic heterocycles. The summed E-state index contributed by atoms with van der Waals surface area (Å²) in [5.74, 6) is -1.99. The lowest BCUT2D eigenvalue weighted by molar-refractivity contribution is -0.132. The number of ether oxygens (including phenoxy) is 1. The normalized spacial score (nSPS) is 14.5. The van der Waals surface area contributed by atoms with Gasteiger partial charge in [0.1, 0.15) is 24.5 Å². The molecule has 1 fully saturated rings. The lowest BCUT2D eigenvalue weighted by Crippen LogP contribution is -2.60. The molecule has 0 spiro atoms. The van der Waals surface area contributed by atoms with Crippen molar-refractivity contribution in [3.8, 4) is 0 Å². The average molecular weight is 716 g/mol. The Hall–Kier alpha value is -4.69. The Morgan fingerprint density at radius 3 is 2.02 bits per heavy atom. The predicted octanol–water partition coefficient (Wildman–Crippen LogP) is 3.02. The summed E-state index contributed by atoms with van der Waals surface area (Å²) in [6.07, 6.45) is 3.14. The van der Waals surface area contributed by atoms with Gasteiger partial charge in [-0.15, -0.1) is 0 Å². The van der Waals surface area contributed by atoms with E-state index in [1.54, 1.807) is 52.0 Å². The Kier molecular flexibility index (Phi) is 17.4. The van der Waals surface area contributed by atoms with E-state index in [9.17, 15) is 33.6 Å². The molecule has 2 atom stereocenters. The second-order valence-corrected chi connectivity index (χ2v) is 14.2. The molecular weight excluding hydrogens is 658 g/mol. The quantitative estimate of drug-likeness (QED) is 0.0934. The summed E-state index contributed by atoms with van der Waals surface area (Å²) in [4.78, 5) is 86.9. The lowest BCUT2D eigenvalue weighted by Gasteiger charge is -2.43. The highest BCUT2D eigenvalue weighted by atomic mass is 16.5. The van der Waals surface area contributed by atoms with Crippen LogP contribution in [0.2, 0.25) is 0 Å². The molecule has 0 saturated heterocycles. The van der Waals surface area contributed by atoms with E-state index >= 15 is 0 Å². The van der Waals surface area contributed by atoms with Crippen molar-refractivity contribution in [2.45, 2.75) is 117 Å². The second kappa shape index (κ2) is 20.9. The van der Waals surface area contributed by atoms with Crippen molar-refractivity contribution in [3.63, 3.8) is 0 Å². The molecule has 0 unspecified atom stereocenters. The van der Waals surface area contributed by atoms with Crippen LogP contribution in [0.4, 0.5) is 15.3 Å². The third-order valence-corrected chi connectivity index (χ3v) is 8.72. The summed E-state index contributed by atoms with van der Waals surface area (Å²) >= 11 is 0. The van der Waals surface area contributed by atoms with Crippen LogP contribution in [0.1, 0.15) is 98.5 Å². The molecule has 1 aliphatic carbocycles. The Labute approximate surface area is 300 Å². The number of urea groups is 1. The summed E-state index contributed by atoms with van der Waals surface area (Å²) in [6, 6.07) is 3.99. The summed E-state index contributed by atoms with van der Waals surface area (Å²) in [5, 5.41) is 16.5. The molecule has 1 saturated carbocycles. The molecule has 7 amide bonds. The van der Waals surface area contributed by atoms with Gasteiger partial charge in [0.2, 0.25) is 23.6 Å². The third-order valence-electron chi connectivity index (χ3n) is 8.72. The largest absolute Gasteiger partial charge is 0.445 e. The van der Waals surface area contributed by atoms with Crippen LogP contribution in [0.25, 0.3) is 0 Å². The van der Waals surface area contributed by atoms with Crippen molar-refractivity contribution in [2.24, 2.45) is 23.5 Å². The SMILES string of the molecule is CC(C)C(=O)CCCC(=O)N[C@H](C(=O)N[C@@H](CCCNC(N)=O)C(=O)Nc1ccc(COC(=O)NCC2(NC(=O)C(C)C)CCC2)cc1)C(C)C. The summed E-state index contributed by atoms with van der Waals surface area (Å²) in [6.45, 7) is 11.2. The molecule has 8 N–H and O–H groups in total. The first kappa shape index (κ1) is 42.5. The van der Waals surface area contributed by atoms with Crippen molar-refractivity contribution >= 4 is 47.2 Å². The van der Waals surface area contributed by atoms with Gasteiger partial charge >= 0.3 is 12.1 Å². The molecule has 51 heavy (non-hydrogen) atoms. The highest BCUT2D eigenvalue weighted by Crippen LogP contribution is 2.31. The number of anilines is 1. The Bertz CT molecular complexity index is 1360. The highest BCUT2D eigenvalue weighted by Gasteiger charge is 2.39. The zero-order chi connectivity index (χ0) is 38.1. The van der Waals surface area contributed by atoms with Crippen molar-refractivity contribution in [1.82, 2.24) is 26.6 Å². The number of rotatable bonds is 21. The number of ketones is 1. The smallest absolute Gasteiger partial charge is 0.407 e. The van der Waals surface area contributed by atoms with Crippen LogP contribution in [0.15, 0.2) is 24.3 Å². The van der Waals surface area contributed by atoms with Crippen LogP contribution in [0.5, 0.6) is 0 Å². The Morgan fingerprint density at radius 1 is 0.804 bits per heavy atom. The predicted molar refractivity (Wildman–Crippen MR) is 192 cm³/mol. The first-order valence-corrected chi connectivity index (χ1v) is 17.8. The zero-order valence-electron chi connectivity index (χ0n) is 30.8. The highest BCUT2D eigenvalue weighted by molar-refractivity contribution is 5.98. The van der Waals surface area contributed by atoms with E-state index in [1.807, 2.05) is 13.8 Å². The summed E-state index contributed by atoms with van der Waals surface area (Å²) < 4.78 is 5.35. The van der Waals surface area contributed by atoms with Crippen LogP contribution >= 0.6 is 0 Å². The van der Waals surface area contributed by atoms with Crippen LogP contribution in [-0.4, -0.2) is 72.2 Å². The Balaban J connectivity index is 1.96. The standard InChI is InChI=1S/C36H57N7O8/c1-22(2)28(44)11-7-12-29(45)42-30(23(3)4)33(48)41-27(10-8-19-38-34(37)49)32(47)40-26-15-13-25(14-16-26)20-51-35(50)39-21-36(17-9-18-36)43-31(46)24(5)6/h13-16,22-24,27,30H,7-12,17-21H2,1-6H3,(H,39,50)(H,40,47)(H,41,48)(H,42,45)(H,43,46)(H3,37,38,49)/t27-,30-/m0/s1. The third kappa shape index (κ3) is 15.4. The van der Waals surface area contributed by atoms with Gasteiger partial charge in [0.25, 0.3) is 0 Å². The van der Waals surface area contributed by atoms with E-state index in [-0.39, 0.29) is 74.3 Å². The number of nitrogens with one attached hydrogen (secondary N) is 6. The second-order valence-electron chi connectivity index (χ2n) is 14.2. The number of hydrogen-bond acceptors (Lipinski definition) is 8. The van der Waals surface area contributed by atoms with Gasteiger partial charge in [-0.1, -0.05) is 53.7 Å². The number of primary amides is 1. The number of carbonyl (C=O) groups excluding carboxylic acids is 7. The number of carbonyl (C=O) groups is 7. The number of alkyl carbamates (subject to hydrolysis) is 1. The minimum atomic E-state index is -1.01. The number of amides is 7. The van der Waals surface area contributed by atoms with Crippen molar-refractivity contribution in [1.29, 1.82) is 0 Å². The topological polar surface area (TPSA) is 227 Å². The molecule has 0 bridgehead atoms. The first-order valence-electron chi connectivity index (χ1n) is 17.8. The molecule has 1 aromatic carbocycles. The molecule has 0 aliphatic heterocycles. The van der Waals surface area contributed by atoms with Gasteiger partial charge in [-0.05, 0) is 62.1 Å². The van der Waals surface area contributed by atoms with Crippen molar-refractivity contribution in [2.75, 3.05) is 18.4 Å². The average Bonchev–Trinajstić information content (AvgIpc) is 3.05. The van der Waals surface area contributed by atoms with Crippen molar-refractivity contribution < 1.29 is 38.3 Å². The van der Waals surface area contributed by atoms with Crippen molar-refractivity contribution in [3.05, 3.63) is 29.8 Å².